The average molecular weight is 278 g/mol. The van der Waals surface area contributed by atoms with Crippen molar-refractivity contribution in [3.05, 3.63) is 18.0 Å². The molecule has 0 spiro atoms. The van der Waals surface area contributed by atoms with Gasteiger partial charge in [0.1, 0.15) is 12.0 Å². The summed E-state index contributed by atoms with van der Waals surface area (Å²) < 4.78 is 4.80. The molecule has 1 aromatic rings. The van der Waals surface area contributed by atoms with Gasteiger partial charge in [-0.25, -0.2) is 4.99 Å². The highest BCUT2D eigenvalue weighted by Crippen LogP contribution is 2.28. The summed E-state index contributed by atoms with van der Waals surface area (Å²) in [5.41, 5.74) is 0.855. The van der Waals surface area contributed by atoms with Gasteiger partial charge in [0, 0.05) is 19.2 Å². The Hall–Kier alpha value is -1.52. The lowest BCUT2D eigenvalue weighted by molar-refractivity contribution is 0.412. The second kappa shape index (κ2) is 8.61. The molecule has 1 saturated carbocycles. The standard InChI is InChI=1S/C15H26N4O/c1-2-16-15(18-12-14-9-11-20-19-14)17-10-5-8-13-6-3-4-7-13/h9,11,13H,2-8,10,12H2,1H3,(H2,16,17,18). The van der Waals surface area contributed by atoms with Crippen LogP contribution in [0.25, 0.3) is 0 Å². The van der Waals surface area contributed by atoms with Gasteiger partial charge in [-0.2, -0.15) is 0 Å². The molecule has 2 N–H and O–H groups in total. The van der Waals surface area contributed by atoms with Crippen molar-refractivity contribution in [1.82, 2.24) is 15.8 Å². The molecule has 0 bridgehead atoms. The van der Waals surface area contributed by atoms with Gasteiger partial charge in [0.05, 0.1) is 6.54 Å². The van der Waals surface area contributed by atoms with E-state index < -0.39 is 0 Å². The third kappa shape index (κ3) is 5.23. The molecule has 1 aromatic heterocycles. The second-order valence-electron chi connectivity index (χ2n) is 5.41. The highest BCUT2D eigenvalue weighted by Gasteiger charge is 2.13. The van der Waals surface area contributed by atoms with Gasteiger partial charge in [-0.05, 0) is 25.7 Å². The lowest BCUT2D eigenvalue weighted by atomic mass is 10.0. The van der Waals surface area contributed by atoms with Crippen LogP contribution in [0.4, 0.5) is 0 Å². The summed E-state index contributed by atoms with van der Waals surface area (Å²) in [6.07, 6.45) is 9.86. The Balaban J connectivity index is 1.66. The molecule has 0 radical (unpaired) electrons. The number of rotatable bonds is 7. The zero-order chi connectivity index (χ0) is 14.0. The number of nitrogens with one attached hydrogen (secondary N) is 2. The number of guanidine groups is 1. The lowest BCUT2D eigenvalue weighted by Gasteiger charge is -2.12. The molecule has 1 heterocycles. The van der Waals surface area contributed by atoms with Gasteiger partial charge >= 0.3 is 0 Å². The van der Waals surface area contributed by atoms with E-state index in [1.54, 1.807) is 6.26 Å². The zero-order valence-corrected chi connectivity index (χ0v) is 12.4. The fourth-order valence-electron chi connectivity index (χ4n) is 2.72. The Bertz CT molecular complexity index is 383. The van der Waals surface area contributed by atoms with E-state index in [0.29, 0.717) is 6.54 Å². The molecule has 5 heteroatoms. The third-order valence-electron chi connectivity index (χ3n) is 3.79. The summed E-state index contributed by atoms with van der Waals surface area (Å²) in [4.78, 5) is 4.50. The van der Waals surface area contributed by atoms with E-state index in [4.69, 9.17) is 4.52 Å². The van der Waals surface area contributed by atoms with Crippen LogP contribution in [0.1, 0.15) is 51.1 Å². The van der Waals surface area contributed by atoms with E-state index >= 15 is 0 Å². The van der Waals surface area contributed by atoms with Crippen molar-refractivity contribution >= 4 is 5.96 Å². The van der Waals surface area contributed by atoms with Gasteiger partial charge in [0.25, 0.3) is 0 Å². The Morgan fingerprint density at radius 1 is 1.40 bits per heavy atom. The molecule has 112 valence electrons. The highest BCUT2D eigenvalue weighted by molar-refractivity contribution is 5.79. The first-order valence-corrected chi connectivity index (χ1v) is 7.80. The summed E-state index contributed by atoms with van der Waals surface area (Å²) in [5.74, 6) is 1.83. The summed E-state index contributed by atoms with van der Waals surface area (Å²) in [7, 11) is 0. The van der Waals surface area contributed by atoms with E-state index in [0.717, 1.165) is 30.7 Å². The topological polar surface area (TPSA) is 62.5 Å². The van der Waals surface area contributed by atoms with Gasteiger partial charge in [-0.3, -0.25) is 0 Å². The minimum Gasteiger partial charge on any atom is -0.364 e. The molecule has 0 aromatic carbocycles. The Morgan fingerprint density at radius 2 is 2.25 bits per heavy atom. The molecular weight excluding hydrogens is 252 g/mol. The lowest BCUT2D eigenvalue weighted by Crippen LogP contribution is -2.37. The Labute approximate surface area is 121 Å². The Morgan fingerprint density at radius 3 is 2.95 bits per heavy atom. The molecule has 0 saturated heterocycles. The molecule has 2 rings (SSSR count). The van der Waals surface area contributed by atoms with Crippen LogP contribution in [0.5, 0.6) is 0 Å². The highest BCUT2D eigenvalue weighted by atomic mass is 16.5. The zero-order valence-electron chi connectivity index (χ0n) is 12.4. The predicted octanol–water partition coefficient (Wildman–Crippen LogP) is 2.70. The second-order valence-corrected chi connectivity index (χ2v) is 5.41. The van der Waals surface area contributed by atoms with Gasteiger partial charge in [-0.1, -0.05) is 30.8 Å². The molecule has 0 atom stereocenters. The van der Waals surface area contributed by atoms with Crippen LogP contribution in [0, 0.1) is 5.92 Å². The summed E-state index contributed by atoms with van der Waals surface area (Å²) in [6.45, 7) is 4.48. The molecule has 1 aliphatic rings. The summed E-state index contributed by atoms with van der Waals surface area (Å²) in [5, 5.41) is 10.5. The maximum atomic E-state index is 4.80. The van der Waals surface area contributed by atoms with Crippen molar-refractivity contribution in [3.8, 4) is 0 Å². The van der Waals surface area contributed by atoms with Crippen molar-refractivity contribution in [3.63, 3.8) is 0 Å². The first-order valence-electron chi connectivity index (χ1n) is 7.80. The quantitative estimate of drug-likeness (QED) is 0.457. The Kier molecular flexibility index (Phi) is 6.41. The monoisotopic (exact) mass is 278 g/mol. The van der Waals surface area contributed by atoms with Crippen LogP contribution in [-0.4, -0.2) is 24.2 Å². The van der Waals surface area contributed by atoms with E-state index in [2.05, 4.69) is 27.7 Å². The molecule has 0 unspecified atom stereocenters. The number of hydrogen-bond donors (Lipinski definition) is 2. The minimum absolute atomic E-state index is 0.550. The molecular formula is C15H26N4O. The molecule has 0 amide bonds. The molecule has 20 heavy (non-hydrogen) atoms. The fraction of sp³-hybridized carbons (Fsp3) is 0.733. The van der Waals surface area contributed by atoms with Gasteiger partial charge in [-0.15, -0.1) is 0 Å². The third-order valence-corrected chi connectivity index (χ3v) is 3.79. The first kappa shape index (κ1) is 14.9. The summed E-state index contributed by atoms with van der Waals surface area (Å²) >= 11 is 0. The van der Waals surface area contributed by atoms with Crippen LogP contribution in [0.2, 0.25) is 0 Å². The van der Waals surface area contributed by atoms with Gasteiger partial charge in [0.2, 0.25) is 0 Å². The number of nitrogens with zero attached hydrogens (tertiary/aromatic N) is 2. The largest absolute Gasteiger partial charge is 0.364 e. The van der Waals surface area contributed by atoms with Crippen LogP contribution in [-0.2, 0) is 6.54 Å². The smallest absolute Gasteiger partial charge is 0.191 e. The maximum Gasteiger partial charge on any atom is 0.191 e. The van der Waals surface area contributed by atoms with Crippen molar-refractivity contribution in [1.29, 1.82) is 0 Å². The van der Waals surface area contributed by atoms with Gasteiger partial charge < -0.3 is 15.2 Å². The van der Waals surface area contributed by atoms with Crippen molar-refractivity contribution in [2.24, 2.45) is 10.9 Å². The number of aromatic nitrogens is 1. The molecule has 1 fully saturated rings. The summed E-state index contributed by atoms with van der Waals surface area (Å²) in [6, 6.07) is 1.84. The number of aliphatic imine (C=N–C) groups is 1. The SMILES string of the molecule is CCNC(=NCc1ccon1)NCCCC1CCCC1. The normalized spacial score (nSPS) is 16.6. The maximum absolute atomic E-state index is 4.80. The van der Waals surface area contributed by atoms with Crippen LogP contribution in [0.3, 0.4) is 0 Å². The van der Waals surface area contributed by atoms with Crippen LogP contribution < -0.4 is 10.6 Å². The molecule has 1 aliphatic carbocycles. The minimum atomic E-state index is 0.550. The van der Waals surface area contributed by atoms with Crippen molar-refractivity contribution in [2.75, 3.05) is 13.1 Å². The van der Waals surface area contributed by atoms with E-state index in [-0.39, 0.29) is 0 Å². The fourth-order valence-corrected chi connectivity index (χ4v) is 2.72. The van der Waals surface area contributed by atoms with Crippen molar-refractivity contribution < 1.29 is 4.52 Å². The van der Waals surface area contributed by atoms with E-state index in [9.17, 15) is 0 Å². The van der Waals surface area contributed by atoms with Crippen molar-refractivity contribution in [2.45, 2.75) is 52.0 Å². The van der Waals surface area contributed by atoms with Crippen LogP contribution in [0.15, 0.2) is 21.8 Å². The average Bonchev–Trinajstić information content (AvgIpc) is 3.13. The molecule has 0 aliphatic heterocycles. The van der Waals surface area contributed by atoms with Gasteiger partial charge in [0.15, 0.2) is 5.96 Å². The first-order chi connectivity index (χ1) is 9.88. The number of hydrogen-bond acceptors (Lipinski definition) is 3. The predicted molar refractivity (Wildman–Crippen MR) is 80.5 cm³/mol. The van der Waals surface area contributed by atoms with Crippen LogP contribution >= 0.6 is 0 Å². The van der Waals surface area contributed by atoms with E-state index in [1.165, 1.54) is 38.5 Å². The van der Waals surface area contributed by atoms with E-state index in [1.807, 2.05) is 6.07 Å². The molecule has 5 nitrogen and oxygen atoms in total.